The van der Waals surface area contributed by atoms with Crippen LogP contribution in [0.3, 0.4) is 0 Å². The highest BCUT2D eigenvalue weighted by Gasteiger charge is 2.22. The van der Waals surface area contributed by atoms with Crippen LogP contribution in [0.4, 0.5) is 5.69 Å². The first-order valence-electron chi connectivity index (χ1n) is 10.2. The topological polar surface area (TPSA) is 58.2 Å². The Morgan fingerprint density at radius 1 is 1.07 bits per heavy atom. The Kier molecular flexibility index (Phi) is 8.01. The van der Waals surface area contributed by atoms with E-state index in [0.717, 1.165) is 30.6 Å². The second-order valence-corrected chi connectivity index (χ2v) is 9.02. The van der Waals surface area contributed by atoms with Crippen molar-refractivity contribution in [2.45, 2.75) is 61.6 Å². The Bertz CT molecular complexity index is 835. The van der Waals surface area contributed by atoms with Gasteiger partial charge in [0.1, 0.15) is 0 Å². The lowest BCUT2D eigenvalue weighted by molar-refractivity contribution is -0.115. The van der Waals surface area contributed by atoms with E-state index < -0.39 is 0 Å². The van der Waals surface area contributed by atoms with Gasteiger partial charge in [-0.15, -0.1) is 11.8 Å². The summed E-state index contributed by atoms with van der Waals surface area (Å²) in [4.78, 5) is 26.7. The van der Waals surface area contributed by atoms with Gasteiger partial charge in [-0.3, -0.25) is 9.59 Å². The molecule has 1 aliphatic rings. The third-order valence-corrected chi connectivity index (χ3v) is 6.75. The molecule has 1 atom stereocenters. The number of nitrogens with one attached hydrogen (secondary N) is 2. The molecule has 2 N–H and O–H groups in total. The van der Waals surface area contributed by atoms with E-state index in [1.807, 2.05) is 43.3 Å². The highest BCUT2D eigenvalue weighted by Crippen LogP contribution is 2.28. The lowest BCUT2D eigenvalue weighted by atomic mass is 9.95. The number of para-hydroxylation sites is 1. The van der Waals surface area contributed by atoms with Crippen LogP contribution in [0, 0.1) is 0 Å². The second-order valence-electron chi connectivity index (χ2n) is 7.31. The number of rotatable bonds is 7. The number of benzene rings is 2. The molecule has 29 heavy (non-hydrogen) atoms. The SMILES string of the molecule is CC[C@H](Sc1ccc(Cl)cc1)C(=O)Nc1ccccc1C(=O)NC1CCCCC1. The van der Waals surface area contributed by atoms with Gasteiger partial charge in [-0.2, -0.15) is 0 Å². The molecule has 154 valence electrons. The fourth-order valence-electron chi connectivity index (χ4n) is 3.51. The lowest BCUT2D eigenvalue weighted by Gasteiger charge is -2.23. The molecule has 6 heteroatoms. The molecule has 0 heterocycles. The summed E-state index contributed by atoms with van der Waals surface area (Å²) < 4.78 is 0. The summed E-state index contributed by atoms with van der Waals surface area (Å²) in [6.45, 7) is 1.98. The smallest absolute Gasteiger partial charge is 0.253 e. The first-order valence-corrected chi connectivity index (χ1v) is 11.5. The number of carbonyl (C=O) groups excluding carboxylic acids is 2. The second kappa shape index (κ2) is 10.7. The van der Waals surface area contributed by atoms with Gasteiger partial charge in [0.05, 0.1) is 16.5 Å². The fraction of sp³-hybridized carbons (Fsp3) is 0.391. The molecule has 0 radical (unpaired) electrons. The summed E-state index contributed by atoms with van der Waals surface area (Å²) in [6, 6.07) is 14.9. The minimum atomic E-state index is -0.259. The molecule has 2 aromatic carbocycles. The standard InChI is InChI=1S/C23H27ClN2O2S/c1-2-21(29-18-14-12-16(24)13-15-18)23(28)26-20-11-7-6-10-19(20)22(27)25-17-8-4-3-5-9-17/h6-7,10-15,17,21H,2-5,8-9H2,1H3,(H,25,27)(H,26,28)/t21-/m0/s1. The van der Waals surface area contributed by atoms with Crippen LogP contribution in [0.1, 0.15) is 55.8 Å². The Labute approximate surface area is 181 Å². The van der Waals surface area contributed by atoms with E-state index in [4.69, 9.17) is 11.6 Å². The van der Waals surface area contributed by atoms with Gasteiger partial charge in [0.15, 0.2) is 0 Å². The number of halogens is 1. The molecule has 1 saturated carbocycles. The van der Waals surface area contributed by atoms with Crippen LogP contribution in [0.25, 0.3) is 0 Å². The zero-order valence-electron chi connectivity index (χ0n) is 16.6. The van der Waals surface area contributed by atoms with E-state index in [-0.39, 0.29) is 23.1 Å². The Morgan fingerprint density at radius 3 is 2.45 bits per heavy atom. The molecule has 0 aliphatic heterocycles. The molecule has 0 aromatic heterocycles. The van der Waals surface area contributed by atoms with Crippen molar-refractivity contribution >= 4 is 40.9 Å². The molecule has 0 spiro atoms. The molecule has 0 bridgehead atoms. The van der Waals surface area contributed by atoms with Crippen LogP contribution in [0.5, 0.6) is 0 Å². The van der Waals surface area contributed by atoms with Gasteiger partial charge in [0.2, 0.25) is 5.91 Å². The molecule has 0 saturated heterocycles. The third kappa shape index (κ3) is 6.25. The molecule has 1 fully saturated rings. The van der Waals surface area contributed by atoms with Crippen LogP contribution in [-0.4, -0.2) is 23.1 Å². The van der Waals surface area contributed by atoms with Crippen molar-refractivity contribution < 1.29 is 9.59 Å². The number of hydrogen-bond acceptors (Lipinski definition) is 3. The number of thioether (sulfide) groups is 1. The maximum absolute atomic E-state index is 12.9. The molecule has 1 aliphatic carbocycles. The first-order chi connectivity index (χ1) is 14.1. The maximum atomic E-state index is 12.9. The van der Waals surface area contributed by atoms with Gasteiger partial charge < -0.3 is 10.6 Å². The maximum Gasteiger partial charge on any atom is 0.253 e. The number of carbonyl (C=O) groups is 2. The van der Waals surface area contributed by atoms with Crippen molar-refractivity contribution in [2.24, 2.45) is 0 Å². The monoisotopic (exact) mass is 430 g/mol. The zero-order chi connectivity index (χ0) is 20.6. The molecular formula is C23H27ClN2O2S. The van der Waals surface area contributed by atoms with Crippen molar-refractivity contribution in [2.75, 3.05) is 5.32 Å². The predicted molar refractivity (Wildman–Crippen MR) is 121 cm³/mol. The molecule has 2 amide bonds. The van der Waals surface area contributed by atoms with Crippen molar-refractivity contribution in [3.05, 3.63) is 59.1 Å². The van der Waals surface area contributed by atoms with Gasteiger partial charge in [0, 0.05) is 16.0 Å². The van der Waals surface area contributed by atoms with Gasteiger partial charge in [-0.1, -0.05) is 49.9 Å². The molecule has 2 aromatic rings. The summed E-state index contributed by atoms with van der Waals surface area (Å²) in [5.41, 5.74) is 1.07. The highest BCUT2D eigenvalue weighted by molar-refractivity contribution is 8.00. The number of amides is 2. The fourth-order valence-corrected chi connectivity index (χ4v) is 4.59. The Morgan fingerprint density at radius 2 is 1.76 bits per heavy atom. The normalized spacial score (nSPS) is 15.5. The average molecular weight is 431 g/mol. The van der Waals surface area contributed by atoms with Gasteiger partial charge in [-0.25, -0.2) is 0 Å². The zero-order valence-corrected chi connectivity index (χ0v) is 18.2. The van der Waals surface area contributed by atoms with Crippen LogP contribution in [0.2, 0.25) is 5.02 Å². The van der Waals surface area contributed by atoms with E-state index >= 15 is 0 Å². The van der Waals surface area contributed by atoms with Gasteiger partial charge >= 0.3 is 0 Å². The van der Waals surface area contributed by atoms with Crippen LogP contribution in [0.15, 0.2) is 53.4 Å². The van der Waals surface area contributed by atoms with E-state index in [1.165, 1.54) is 18.2 Å². The number of anilines is 1. The van der Waals surface area contributed by atoms with E-state index in [9.17, 15) is 9.59 Å². The third-order valence-electron chi connectivity index (χ3n) is 5.13. The minimum absolute atomic E-state index is 0.106. The summed E-state index contributed by atoms with van der Waals surface area (Å²) in [6.07, 6.45) is 6.27. The quantitative estimate of drug-likeness (QED) is 0.536. The summed E-state index contributed by atoms with van der Waals surface area (Å²) in [5.74, 6) is -0.225. The van der Waals surface area contributed by atoms with Crippen molar-refractivity contribution in [3.8, 4) is 0 Å². The molecule has 4 nitrogen and oxygen atoms in total. The van der Waals surface area contributed by atoms with Crippen LogP contribution < -0.4 is 10.6 Å². The van der Waals surface area contributed by atoms with Gasteiger partial charge in [0.25, 0.3) is 5.91 Å². The summed E-state index contributed by atoms with van der Waals surface area (Å²) in [7, 11) is 0. The Balaban J connectivity index is 1.67. The van der Waals surface area contributed by atoms with E-state index in [0.29, 0.717) is 22.7 Å². The highest BCUT2D eigenvalue weighted by atomic mass is 35.5. The largest absolute Gasteiger partial charge is 0.349 e. The van der Waals surface area contributed by atoms with Crippen molar-refractivity contribution in [1.29, 1.82) is 0 Å². The van der Waals surface area contributed by atoms with E-state index in [2.05, 4.69) is 10.6 Å². The van der Waals surface area contributed by atoms with Crippen LogP contribution >= 0.6 is 23.4 Å². The molecule has 0 unspecified atom stereocenters. The minimum Gasteiger partial charge on any atom is -0.349 e. The van der Waals surface area contributed by atoms with Crippen LogP contribution in [-0.2, 0) is 4.79 Å². The van der Waals surface area contributed by atoms with Crippen molar-refractivity contribution in [3.63, 3.8) is 0 Å². The van der Waals surface area contributed by atoms with Gasteiger partial charge in [-0.05, 0) is 55.7 Å². The number of hydrogen-bond donors (Lipinski definition) is 2. The summed E-state index contributed by atoms with van der Waals surface area (Å²) >= 11 is 7.44. The van der Waals surface area contributed by atoms with Crippen molar-refractivity contribution in [1.82, 2.24) is 5.32 Å². The molecule has 3 rings (SSSR count). The predicted octanol–water partition coefficient (Wildman–Crippen LogP) is 5.91. The summed E-state index contributed by atoms with van der Waals surface area (Å²) in [5, 5.41) is 6.51. The lowest BCUT2D eigenvalue weighted by Crippen LogP contribution is -2.36. The Hall–Kier alpha value is -1.98. The molecular weight excluding hydrogens is 404 g/mol. The average Bonchev–Trinajstić information content (AvgIpc) is 2.74. The van der Waals surface area contributed by atoms with E-state index in [1.54, 1.807) is 12.1 Å². The first kappa shape index (κ1) is 21.7.